The highest BCUT2D eigenvalue weighted by Crippen LogP contribution is 2.43. The zero-order valence-electron chi connectivity index (χ0n) is 11.7. The lowest BCUT2D eigenvalue weighted by molar-refractivity contribution is 0.0922. The van der Waals surface area contributed by atoms with Crippen LogP contribution in [-0.2, 0) is 11.3 Å². The summed E-state index contributed by atoms with van der Waals surface area (Å²) in [6, 6.07) is 7.33. The molecule has 0 saturated heterocycles. The fraction of sp³-hybridized carbons (Fsp3) is 0.533. The van der Waals surface area contributed by atoms with Crippen LogP contribution in [0.15, 0.2) is 24.3 Å². The van der Waals surface area contributed by atoms with Crippen LogP contribution < -0.4 is 5.73 Å². The van der Waals surface area contributed by atoms with Gasteiger partial charge in [-0.1, -0.05) is 38.1 Å². The van der Waals surface area contributed by atoms with Crippen LogP contribution in [0.3, 0.4) is 0 Å². The average molecular weight is 279 g/mol. The summed E-state index contributed by atoms with van der Waals surface area (Å²) in [5, 5.41) is 20.7. The van der Waals surface area contributed by atoms with Gasteiger partial charge >= 0.3 is 6.09 Å². The van der Waals surface area contributed by atoms with E-state index < -0.39 is 18.3 Å². The normalized spacial score (nSPS) is 33.1. The van der Waals surface area contributed by atoms with Gasteiger partial charge in [-0.15, -0.1) is 0 Å². The van der Waals surface area contributed by atoms with Gasteiger partial charge in [0, 0.05) is 5.92 Å². The van der Waals surface area contributed by atoms with Gasteiger partial charge in [-0.05, 0) is 23.0 Å². The molecule has 1 aromatic carbocycles. The Morgan fingerprint density at radius 2 is 1.75 bits per heavy atom. The van der Waals surface area contributed by atoms with Crippen LogP contribution in [-0.4, -0.2) is 28.5 Å². The molecular formula is C15H21NO4. The molecule has 0 spiro atoms. The lowest BCUT2D eigenvalue weighted by atomic mass is 9.89. The van der Waals surface area contributed by atoms with Gasteiger partial charge < -0.3 is 20.7 Å². The number of primary amides is 1. The van der Waals surface area contributed by atoms with Gasteiger partial charge in [0.05, 0.1) is 12.2 Å². The highest BCUT2D eigenvalue weighted by molar-refractivity contribution is 5.64. The lowest BCUT2D eigenvalue weighted by Gasteiger charge is -2.22. The smallest absolute Gasteiger partial charge is 0.404 e. The summed E-state index contributed by atoms with van der Waals surface area (Å²) in [5.41, 5.74) is 6.55. The Bertz CT molecular complexity index is 477. The van der Waals surface area contributed by atoms with E-state index in [9.17, 15) is 15.0 Å². The second-order valence-electron chi connectivity index (χ2n) is 5.53. The number of hydrogen-bond donors (Lipinski definition) is 3. The van der Waals surface area contributed by atoms with Crippen LogP contribution in [0.4, 0.5) is 4.79 Å². The molecule has 1 fully saturated rings. The van der Waals surface area contributed by atoms with E-state index in [-0.39, 0.29) is 24.4 Å². The maximum atomic E-state index is 10.7. The standard InChI is InChI=1S/C15H21NO4/c1-8-9(2)14(18)12(13(8)17)11-6-4-3-5-10(11)7-20-15(16)19/h3-6,8-9,12-14,17-18H,7H2,1-2H3,(H2,16,19). The van der Waals surface area contributed by atoms with Crippen molar-refractivity contribution in [3.63, 3.8) is 0 Å². The Morgan fingerprint density at radius 3 is 2.30 bits per heavy atom. The van der Waals surface area contributed by atoms with Crippen LogP contribution in [0.2, 0.25) is 0 Å². The van der Waals surface area contributed by atoms with Crippen LogP contribution in [0, 0.1) is 11.8 Å². The third-order valence-corrected chi connectivity index (χ3v) is 4.43. The molecule has 0 bridgehead atoms. The van der Waals surface area contributed by atoms with Crippen molar-refractivity contribution in [2.45, 2.75) is 38.6 Å². The van der Waals surface area contributed by atoms with E-state index in [0.717, 1.165) is 11.1 Å². The predicted molar refractivity (Wildman–Crippen MR) is 73.9 cm³/mol. The summed E-state index contributed by atoms with van der Waals surface area (Å²) < 4.78 is 4.83. The summed E-state index contributed by atoms with van der Waals surface area (Å²) in [7, 11) is 0. The average Bonchev–Trinajstić information content (AvgIpc) is 2.61. The van der Waals surface area contributed by atoms with Crippen molar-refractivity contribution < 1.29 is 19.7 Å². The number of ether oxygens (including phenoxy) is 1. The minimum atomic E-state index is -0.839. The van der Waals surface area contributed by atoms with Crippen molar-refractivity contribution in [3.05, 3.63) is 35.4 Å². The first-order valence-corrected chi connectivity index (χ1v) is 6.79. The Hall–Kier alpha value is -1.59. The Morgan fingerprint density at radius 1 is 1.20 bits per heavy atom. The zero-order chi connectivity index (χ0) is 14.9. The molecule has 5 nitrogen and oxygen atoms in total. The van der Waals surface area contributed by atoms with E-state index in [1.165, 1.54) is 0 Å². The quantitative estimate of drug-likeness (QED) is 0.779. The number of carbonyl (C=O) groups excluding carboxylic acids is 1. The summed E-state index contributed by atoms with van der Waals surface area (Å²) in [4.78, 5) is 10.7. The lowest BCUT2D eigenvalue weighted by Crippen LogP contribution is -2.24. The van der Waals surface area contributed by atoms with E-state index in [0.29, 0.717) is 0 Å². The van der Waals surface area contributed by atoms with Gasteiger partial charge in [-0.3, -0.25) is 0 Å². The molecule has 2 rings (SSSR count). The molecule has 1 amide bonds. The first-order valence-electron chi connectivity index (χ1n) is 6.79. The van der Waals surface area contributed by atoms with Crippen molar-refractivity contribution in [3.8, 4) is 0 Å². The van der Waals surface area contributed by atoms with Gasteiger partial charge in [-0.2, -0.15) is 0 Å². The van der Waals surface area contributed by atoms with Crippen LogP contribution in [0.1, 0.15) is 30.9 Å². The SMILES string of the molecule is CC1C(C)C(O)C(c2ccccc2COC(N)=O)C1O. The first-order chi connectivity index (χ1) is 9.43. The van der Waals surface area contributed by atoms with Gasteiger partial charge in [0.25, 0.3) is 0 Å². The molecule has 0 radical (unpaired) electrons. The van der Waals surface area contributed by atoms with Crippen molar-refractivity contribution >= 4 is 6.09 Å². The number of rotatable bonds is 3. The van der Waals surface area contributed by atoms with Crippen LogP contribution in [0.25, 0.3) is 0 Å². The zero-order valence-corrected chi connectivity index (χ0v) is 11.7. The Kier molecular flexibility index (Phi) is 4.30. The summed E-state index contributed by atoms with van der Waals surface area (Å²) in [6.45, 7) is 3.91. The molecular weight excluding hydrogens is 258 g/mol. The minimum Gasteiger partial charge on any atom is -0.445 e. The first kappa shape index (κ1) is 14.8. The Labute approximate surface area is 118 Å². The van der Waals surface area contributed by atoms with Gasteiger partial charge in [0.1, 0.15) is 6.61 Å². The molecule has 4 N–H and O–H groups in total. The van der Waals surface area contributed by atoms with Crippen LogP contribution >= 0.6 is 0 Å². The molecule has 20 heavy (non-hydrogen) atoms. The third kappa shape index (κ3) is 2.64. The number of hydrogen-bond acceptors (Lipinski definition) is 4. The second-order valence-corrected chi connectivity index (χ2v) is 5.53. The molecule has 4 atom stereocenters. The molecule has 4 unspecified atom stereocenters. The number of aliphatic hydroxyl groups is 2. The van der Waals surface area contributed by atoms with Gasteiger partial charge in [-0.25, -0.2) is 4.79 Å². The number of aliphatic hydroxyl groups excluding tert-OH is 2. The maximum Gasteiger partial charge on any atom is 0.404 e. The van der Waals surface area contributed by atoms with Crippen LogP contribution in [0.5, 0.6) is 0 Å². The van der Waals surface area contributed by atoms with Crippen molar-refractivity contribution in [2.24, 2.45) is 17.6 Å². The van der Waals surface area contributed by atoms with Crippen molar-refractivity contribution in [1.29, 1.82) is 0 Å². The molecule has 1 saturated carbocycles. The summed E-state index contributed by atoms with van der Waals surface area (Å²) in [6.07, 6.45) is -2.07. The number of amides is 1. The summed E-state index contributed by atoms with van der Waals surface area (Å²) >= 11 is 0. The van der Waals surface area contributed by atoms with E-state index >= 15 is 0 Å². The molecule has 1 aromatic rings. The number of benzene rings is 1. The van der Waals surface area contributed by atoms with Gasteiger partial charge in [0.2, 0.25) is 0 Å². The van der Waals surface area contributed by atoms with Crippen molar-refractivity contribution in [1.82, 2.24) is 0 Å². The van der Waals surface area contributed by atoms with E-state index in [1.54, 1.807) is 0 Å². The van der Waals surface area contributed by atoms with E-state index in [4.69, 9.17) is 10.5 Å². The fourth-order valence-electron chi connectivity index (χ4n) is 2.99. The third-order valence-electron chi connectivity index (χ3n) is 4.43. The second kappa shape index (κ2) is 5.81. The predicted octanol–water partition coefficient (Wildman–Crippen LogP) is 1.37. The van der Waals surface area contributed by atoms with E-state index in [2.05, 4.69) is 0 Å². The minimum absolute atomic E-state index is 0.0140. The van der Waals surface area contributed by atoms with E-state index in [1.807, 2.05) is 38.1 Å². The monoisotopic (exact) mass is 279 g/mol. The molecule has 1 aliphatic carbocycles. The highest BCUT2D eigenvalue weighted by atomic mass is 16.5. The van der Waals surface area contributed by atoms with Crippen molar-refractivity contribution in [2.75, 3.05) is 0 Å². The number of carbonyl (C=O) groups is 1. The topological polar surface area (TPSA) is 92.8 Å². The maximum absolute atomic E-state index is 10.7. The highest BCUT2D eigenvalue weighted by Gasteiger charge is 2.46. The van der Waals surface area contributed by atoms with Gasteiger partial charge in [0.15, 0.2) is 0 Å². The molecule has 0 aliphatic heterocycles. The fourth-order valence-corrected chi connectivity index (χ4v) is 2.99. The Balaban J connectivity index is 2.30. The number of nitrogens with two attached hydrogens (primary N) is 1. The molecule has 0 heterocycles. The largest absolute Gasteiger partial charge is 0.445 e. The summed E-state index contributed by atoms with van der Waals surface area (Å²) in [5.74, 6) is -0.340. The molecule has 110 valence electrons. The molecule has 1 aliphatic rings. The molecule has 0 aromatic heterocycles. The molecule has 5 heteroatoms.